The summed E-state index contributed by atoms with van der Waals surface area (Å²) < 4.78 is 15.4. The monoisotopic (exact) mass is 485 g/mol. The Bertz CT molecular complexity index is 1390. The zero-order valence-electron chi connectivity index (χ0n) is 20.5. The maximum atomic E-state index is 13.7. The Morgan fingerprint density at radius 2 is 1.86 bits per heavy atom. The van der Waals surface area contributed by atoms with Crippen molar-refractivity contribution in [2.24, 2.45) is 5.41 Å². The third kappa shape index (κ3) is 4.58. The first-order valence-electron chi connectivity index (χ1n) is 12.0. The van der Waals surface area contributed by atoms with E-state index in [4.69, 9.17) is 0 Å². The molecule has 36 heavy (non-hydrogen) atoms. The minimum Gasteiger partial charge on any atom is -0.362 e. The molecular formula is C28H28FN5O2. The molecule has 0 radical (unpaired) electrons. The highest BCUT2D eigenvalue weighted by atomic mass is 19.1. The molecule has 1 aliphatic heterocycles. The number of carbonyl (C=O) groups is 2. The van der Waals surface area contributed by atoms with E-state index in [0.29, 0.717) is 40.9 Å². The van der Waals surface area contributed by atoms with Crippen molar-refractivity contribution >= 4 is 11.7 Å². The number of halogens is 1. The maximum absolute atomic E-state index is 13.7. The second-order valence-electron chi connectivity index (χ2n) is 10.2. The molecule has 1 aromatic heterocycles. The minimum atomic E-state index is -0.578. The average molecular weight is 486 g/mol. The van der Waals surface area contributed by atoms with Crippen molar-refractivity contribution in [2.45, 2.75) is 46.1 Å². The number of benzene rings is 2. The van der Waals surface area contributed by atoms with E-state index < -0.39 is 5.92 Å². The summed E-state index contributed by atoms with van der Waals surface area (Å²) in [6.07, 6.45) is 2.85. The van der Waals surface area contributed by atoms with E-state index in [2.05, 4.69) is 34.8 Å². The van der Waals surface area contributed by atoms with Crippen LogP contribution in [-0.2, 0) is 16.1 Å². The fourth-order valence-corrected chi connectivity index (χ4v) is 5.08. The smallest absolute Gasteiger partial charge is 0.250 e. The average Bonchev–Trinajstić information content (AvgIpc) is 3.31. The summed E-state index contributed by atoms with van der Waals surface area (Å²) in [4.78, 5) is 26.9. The third-order valence-corrected chi connectivity index (χ3v) is 6.68. The Labute approximate surface area is 209 Å². The number of Topliss-reactive ketones (excluding diaryl/α,β-unsaturated/α-hetero) is 1. The molecule has 0 spiro atoms. The van der Waals surface area contributed by atoms with Crippen molar-refractivity contribution in [1.29, 1.82) is 0 Å². The van der Waals surface area contributed by atoms with E-state index in [1.165, 1.54) is 12.1 Å². The summed E-state index contributed by atoms with van der Waals surface area (Å²) in [5.41, 5.74) is 4.55. The van der Waals surface area contributed by atoms with Crippen molar-refractivity contribution in [1.82, 2.24) is 25.6 Å². The lowest BCUT2D eigenvalue weighted by molar-refractivity contribution is -0.118. The van der Waals surface area contributed by atoms with Gasteiger partial charge in [0.05, 0.1) is 18.4 Å². The molecule has 2 heterocycles. The number of hydrogen-bond donors (Lipinski definition) is 2. The second-order valence-corrected chi connectivity index (χ2v) is 10.2. The van der Waals surface area contributed by atoms with E-state index in [-0.39, 0.29) is 29.5 Å². The van der Waals surface area contributed by atoms with Crippen LogP contribution in [-0.4, -0.2) is 26.7 Å². The highest BCUT2D eigenvalue weighted by molar-refractivity contribution is 6.05. The molecule has 2 aromatic carbocycles. The van der Waals surface area contributed by atoms with Gasteiger partial charge in [-0.2, -0.15) is 0 Å². The predicted octanol–water partition coefficient (Wildman–Crippen LogP) is 4.33. The standard InChI is InChI=1S/C28H28FN5O2/c1-17-24(27(36)30-15-20-16-34(33-32-20)21-7-5-4-6-8-21)25(18-9-11-19(29)12-10-18)26-22(31-17)13-28(2,3)14-23(26)35/h4-12,16,25,31H,13-15H2,1-3H3,(H,30,36). The van der Waals surface area contributed by atoms with Crippen LogP contribution in [0.15, 0.2) is 83.3 Å². The summed E-state index contributed by atoms with van der Waals surface area (Å²) in [6.45, 7) is 6.14. The lowest BCUT2D eigenvalue weighted by Crippen LogP contribution is -2.40. The van der Waals surface area contributed by atoms with Gasteiger partial charge >= 0.3 is 0 Å². The van der Waals surface area contributed by atoms with E-state index in [1.54, 1.807) is 23.0 Å². The normalized spacial score (nSPS) is 19.1. The molecule has 1 aliphatic carbocycles. The number of rotatable bonds is 5. The third-order valence-electron chi connectivity index (χ3n) is 6.68. The first-order chi connectivity index (χ1) is 17.2. The zero-order valence-corrected chi connectivity index (χ0v) is 20.5. The van der Waals surface area contributed by atoms with Crippen molar-refractivity contribution in [2.75, 3.05) is 0 Å². The quantitative estimate of drug-likeness (QED) is 0.562. The largest absolute Gasteiger partial charge is 0.362 e. The Hall–Kier alpha value is -4.07. The van der Waals surface area contributed by atoms with Gasteiger partial charge in [-0.15, -0.1) is 5.10 Å². The number of nitrogens with zero attached hydrogens (tertiary/aromatic N) is 3. The van der Waals surface area contributed by atoms with Gasteiger partial charge in [-0.05, 0) is 48.6 Å². The maximum Gasteiger partial charge on any atom is 0.250 e. The number of amides is 1. The molecule has 0 saturated heterocycles. The minimum absolute atomic E-state index is 0.00618. The molecule has 2 N–H and O–H groups in total. The van der Waals surface area contributed by atoms with Crippen LogP contribution < -0.4 is 10.6 Å². The summed E-state index contributed by atoms with van der Waals surface area (Å²) >= 11 is 0. The number of ketones is 1. The predicted molar refractivity (Wildman–Crippen MR) is 133 cm³/mol. The van der Waals surface area contributed by atoms with E-state index in [0.717, 1.165) is 11.4 Å². The highest BCUT2D eigenvalue weighted by Gasteiger charge is 2.42. The van der Waals surface area contributed by atoms with Crippen LogP contribution in [0.3, 0.4) is 0 Å². The molecule has 2 aliphatic rings. The first kappa shape index (κ1) is 23.7. The molecule has 1 unspecified atom stereocenters. The molecule has 1 atom stereocenters. The lowest BCUT2D eigenvalue weighted by atomic mass is 9.68. The van der Waals surface area contributed by atoms with Gasteiger partial charge in [-0.25, -0.2) is 9.07 Å². The fourth-order valence-electron chi connectivity index (χ4n) is 5.08. The van der Waals surface area contributed by atoms with Gasteiger partial charge in [0.15, 0.2) is 5.78 Å². The van der Waals surface area contributed by atoms with Gasteiger partial charge in [-0.3, -0.25) is 9.59 Å². The molecule has 184 valence electrons. The Kier molecular flexibility index (Phi) is 6.04. The van der Waals surface area contributed by atoms with Crippen LogP contribution in [0.25, 0.3) is 5.69 Å². The molecule has 0 bridgehead atoms. The van der Waals surface area contributed by atoms with Gasteiger partial charge < -0.3 is 10.6 Å². The number of carbonyl (C=O) groups excluding carboxylic acids is 2. The topological polar surface area (TPSA) is 88.9 Å². The molecule has 5 rings (SSSR count). The van der Waals surface area contributed by atoms with Crippen LogP contribution >= 0.6 is 0 Å². The Morgan fingerprint density at radius 1 is 1.14 bits per heavy atom. The molecule has 3 aromatic rings. The van der Waals surface area contributed by atoms with Gasteiger partial charge in [0.2, 0.25) is 5.91 Å². The molecular weight excluding hydrogens is 457 g/mol. The number of dihydropyridines is 1. The van der Waals surface area contributed by atoms with Gasteiger partial charge in [0.25, 0.3) is 0 Å². The van der Waals surface area contributed by atoms with E-state index >= 15 is 0 Å². The van der Waals surface area contributed by atoms with Crippen molar-refractivity contribution in [3.05, 3.63) is 100 Å². The van der Waals surface area contributed by atoms with E-state index in [1.807, 2.05) is 37.3 Å². The summed E-state index contributed by atoms with van der Waals surface area (Å²) in [5.74, 6) is -1.25. The number of allylic oxidation sites excluding steroid dienone is 3. The van der Waals surface area contributed by atoms with Crippen molar-refractivity contribution in [3.8, 4) is 5.69 Å². The van der Waals surface area contributed by atoms with Gasteiger partial charge in [0, 0.05) is 34.9 Å². The van der Waals surface area contributed by atoms with Crippen LogP contribution in [0.5, 0.6) is 0 Å². The lowest BCUT2D eigenvalue weighted by Gasteiger charge is -2.39. The number of para-hydroxylation sites is 1. The molecule has 7 nitrogen and oxygen atoms in total. The first-order valence-corrected chi connectivity index (χ1v) is 12.0. The van der Waals surface area contributed by atoms with Crippen LogP contribution in [0.2, 0.25) is 0 Å². The molecule has 0 saturated carbocycles. The molecule has 0 fully saturated rings. The summed E-state index contributed by atoms with van der Waals surface area (Å²) in [6, 6.07) is 15.6. The number of aromatic nitrogens is 3. The fraction of sp³-hybridized carbons (Fsp3) is 0.286. The van der Waals surface area contributed by atoms with Crippen LogP contribution in [0, 0.1) is 11.2 Å². The molecule has 1 amide bonds. The molecule has 8 heteroatoms. The van der Waals surface area contributed by atoms with Crippen molar-refractivity contribution in [3.63, 3.8) is 0 Å². The Balaban J connectivity index is 1.44. The highest BCUT2D eigenvalue weighted by Crippen LogP contribution is 2.46. The number of hydrogen-bond acceptors (Lipinski definition) is 5. The van der Waals surface area contributed by atoms with E-state index in [9.17, 15) is 14.0 Å². The van der Waals surface area contributed by atoms with Gasteiger partial charge in [-0.1, -0.05) is 49.4 Å². The number of nitrogens with one attached hydrogen (secondary N) is 2. The summed E-state index contributed by atoms with van der Waals surface area (Å²) in [5, 5.41) is 14.6. The zero-order chi connectivity index (χ0) is 25.4. The summed E-state index contributed by atoms with van der Waals surface area (Å²) in [7, 11) is 0. The van der Waals surface area contributed by atoms with Crippen LogP contribution in [0.1, 0.15) is 50.8 Å². The SMILES string of the molecule is CC1=C(C(=O)NCc2cn(-c3ccccc3)nn2)C(c2ccc(F)cc2)C2=C(CC(C)(C)CC2=O)N1. The van der Waals surface area contributed by atoms with Crippen molar-refractivity contribution < 1.29 is 14.0 Å². The Morgan fingerprint density at radius 3 is 2.58 bits per heavy atom. The van der Waals surface area contributed by atoms with Crippen LogP contribution in [0.4, 0.5) is 4.39 Å². The second kappa shape index (κ2) is 9.18. The van der Waals surface area contributed by atoms with Gasteiger partial charge in [0.1, 0.15) is 11.5 Å².